The minimum atomic E-state index is -0.713. The Kier molecular flexibility index (Phi) is 6.53. The molecular formula is C24H21BrN2O5S. The number of aromatic nitrogens is 1. The number of fused-ring (bicyclic) bond motifs is 1. The molecule has 1 aliphatic rings. The van der Waals surface area contributed by atoms with Crippen LogP contribution in [0.2, 0.25) is 0 Å². The van der Waals surface area contributed by atoms with Crippen LogP contribution in [0.5, 0.6) is 11.5 Å². The molecule has 4 rings (SSSR count). The van der Waals surface area contributed by atoms with Crippen LogP contribution in [0.3, 0.4) is 0 Å². The van der Waals surface area contributed by atoms with Crippen molar-refractivity contribution in [2.24, 2.45) is 4.99 Å². The number of halogens is 1. The van der Waals surface area contributed by atoms with Crippen molar-refractivity contribution in [3.05, 3.63) is 83.3 Å². The van der Waals surface area contributed by atoms with Crippen LogP contribution < -0.4 is 19.6 Å². The standard InChI is InChI=1S/C24H21BrN2O5S/c1-4-32-23(30)20-13(2)27-22(29)19(11-14-6-5-7-16(25)10-14)33-24(27)26-21(20)15-8-9-17(28)18(12-15)31-3/h5-12,21,28H,4H2,1-3H3/b19-11-/t21-/m0/s1. The summed E-state index contributed by atoms with van der Waals surface area (Å²) < 4.78 is 13.4. The van der Waals surface area contributed by atoms with Crippen LogP contribution in [-0.4, -0.2) is 29.4 Å². The van der Waals surface area contributed by atoms with Gasteiger partial charge in [0, 0.05) is 10.2 Å². The number of carbonyl (C=O) groups excluding carboxylic acids is 1. The average molecular weight is 529 g/mol. The first-order valence-corrected chi connectivity index (χ1v) is 11.8. The summed E-state index contributed by atoms with van der Waals surface area (Å²) >= 11 is 4.70. The summed E-state index contributed by atoms with van der Waals surface area (Å²) in [6, 6.07) is 11.7. The number of ether oxygens (including phenoxy) is 2. The monoisotopic (exact) mass is 528 g/mol. The highest BCUT2D eigenvalue weighted by atomic mass is 79.9. The second kappa shape index (κ2) is 9.36. The number of esters is 1. The van der Waals surface area contributed by atoms with Crippen LogP contribution in [0.25, 0.3) is 11.8 Å². The van der Waals surface area contributed by atoms with Crippen molar-refractivity contribution >= 4 is 45.0 Å². The van der Waals surface area contributed by atoms with Gasteiger partial charge in [0.1, 0.15) is 6.04 Å². The fourth-order valence-corrected chi connectivity index (χ4v) is 5.13. The lowest BCUT2D eigenvalue weighted by molar-refractivity contribution is -0.138. The molecule has 0 spiro atoms. The highest BCUT2D eigenvalue weighted by molar-refractivity contribution is 9.10. The van der Waals surface area contributed by atoms with E-state index in [1.165, 1.54) is 29.1 Å². The maximum Gasteiger partial charge on any atom is 0.338 e. The van der Waals surface area contributed by atoms with Gasteiger partial charge in [0.2, 0.25) is 0 Å². The molecule has 2 heterocycles. The van der Waals surface area contributed by atoms with Crippen molar-refractivity contribution in [3.8, 4) is 11.5 Å². The Bertz CT molecular complexity index is 1450. The fourth-order valence-electron chi connectivity index (χ4n) is 3.67. The molecule has 0 aliphatic carbocycles. The summed E-state index contributed by atoms with van der Waals surface area (Å²) in [6.45, 7) is 3.63. The smallest absolute Gasteiger partial charge is 0.338 e. The number of thiazole rings is 1. The van der Waals surface area contributed by atoms with E-state index < -0.39 is 12.0 Å². The van der Waals surface area contributed by atoms with E-state index >= 15 is 0 Å². The molecule has 1 atom stereocenters. The highest BCUT2D eigenvalue weighted by Crippen LogP contribution is 2.36. The SMILES string of the molecule is CCOC(=O)C1=C(C)n2c(s/c(=C\c3cccc(Br)c3)c2=O)=N[C@H]1c1ccc(O)c(OC)c1. The first kappa shape index (κ1) is 23.0. The predicted molar refractivity (Wildman–Crippen MR) is 130 cm³/mol. The minimum Gasteiger partial charge on any atom is -0.504 e. The van der Waals surface area contributed by atoms with Gasteiger partial charge in [-0.2, -0.15) is 0 Å². The molecule has 0 bridgehead atoms. The molecule has 0 radical (unpaired) electrons. The second-order valence-electron chi connectivity index (χ2n) is 7.27. The van der Waals surface area contributed by atoms with Crippen molar-refractivity contribution in [1.82, 2.24) is 4.57 Å². The van der Waals surface area contributed by atoms with Gasteiger partial charge in [0.05, 0.1) is 23.8 Å². The van der Waals surface area contributed by atoms with Crippen molar-refractivity contribution in [2.45, 2.75) is 19.9 Å². The van der Waals surface area contributed by atoms with Crippen LogP contribution in [0.1, 0.15) is 31.0 Å². The van der Waals surface area contributed by atoms with Gasteiger partial charge in [-0.15, -0.1) is 0 Å². The molecular weight excluding hydrogens is 508 g/mol. The summed E-state index contributed by atoms with van der Waals surface area (Å²) in [5.41, 5.74) is 1.99. The summed E-state index contributed by atoms with van der Waals surface area (Å²) in [4.78, 5) is 31.4. The molecule has 7 nitrogen and oxygen atoms in total. The zero-order chi connectivity index (χ0) is 23.7. The van der Waals surface area contributed by atoms with E-state index in [4.69, 9.17) is 14.5 Å². The van der Waals surface area contributed by atoms with Gasteiger partial charge in [0.25, 0.3) is 5.56 Å². The minimum absolute atomic E-state index is 0.0191. The zero-order valence-electron chi connectivity index (χ0n) is 18.2. The third-order valence-electron chi connectivity index (χ3n) is 5.21. The summed E-state index contributed by atoms with van der Waals surface area (Å²) in [7, 11) is 1.45. The maximum atomic E-state index is 13.3. The first-order valence-electron chi connectivity index (χ1n) is 10.2. The Hall–Kier alpha value is -3.17. The number of rotatable bonds is 5. The predicted octanol–water partition coefficient (Wildman–Crippen LogP) is 3.38. The Labute approximate surface area is 202 Å². The van der Waals surface area contributed by atoms with Crippen LogP contribution in [-0.2, 0) is 9.53 Å². The van der Waals surface area contributed by atoms with E-state index in [1.54, 1.807) is 32.1 Å². The lowest BCUT2D eigenvalue weighted by Crippen LogP contribution is -2.35. The molecule has 1 N–H and O–H groups in total. The van der Waals surface area contributed by atoms with Crippen LogP contribution >= 0.6 is 27.3 Å². The largest absolute Gasteiger partial charge is 0.504 e. The molecule has 0 unspecified atom stereocenters. The van der Waals surface area contributed by atoms with E-state index in [0.717, 1.165) is 10.0 Å². The number of phenolic OH excluding ortho intramolecular Hbond substituents is 1. The molecule has 33 heavy (non-hydrogen) atoms. The van der Waals surface area contributed by atoms with E-state index in [0.29, 0.717) is 20.6 Å². The van der Waals surface area contributed by atoms with Gasteiger partial charge in [-0.1, -0.05) is 45.5 Å². The Balaban J connectivity index is 1.96. The van der Waals surface area contributed by atoms with Gasteiger partial charge in [-0.05, 0) is 55.3 Å². The topological polar surface area (TPSA) is 90.1 Å². The summed E-state index contributed by atoms with van der Waals surface area (Å²) in [5.74, 6) is -0.298. The number of aromatic hydroxyl groups is 1. The van der Waals surface area contributed by atoms with Gasteiger partial charge in [-0.3, -0.25) is 9.36 Å². The molecule has 0 saturated carbocycles. The number of allylic oxidation sites excluding steroid dienone is 1. The van der Waals surface area contributed by atoms with Crippen LogP contribution in [0.4, 0.5) is 0 Å². The normalized spacial score (nSPS) is 15.8. The van der Waals surface area contributed by atoms with Gasteiger partial charge >= 0.3 is 5.97 Å². The number of hydrogen-bond acceptors (Lipinski definition) is 7. The Morgan fingerprint density at radius 2 is 2.09 bits per heavy atom. The van der Waals surface area contributed by atoms with Crippen molar-refractivity contribution in [1.29, 1.82) is 0 Å². The van der Waals surface area contributed by atoms with E-state index in [2.05, 4.69) is 15.9 Å². The van der Waals surface area contributed by atoms with Crippen molar-refractivity contribution in [2.75, 3.05) is 13.7 Å². The van der Waals surface area contributed by atoms with Gasteiger partial charge < -0.3 is 14.6 Å². The third kappa shape index (κ3) is 4.38. The summed E-state index contributed by atoms with van der Waals surface area (Å²) in [6.07, 6.45) is 1.80. The van der Waals surface area contributed by atoms with E-state index in [-0.39, 0.29) is 29.2 Å². The number of carbonyl (C=O) groups is 1. The highest BCUT2D eigenvalue weighted by Gasteiger charge is 2.31. The molecule has 1 aliphatic heterocycles. The van der Waals surface area contributed by atoms with Crippen molar-refractivity contribution < 1.29 is 19.4 Å². The lowest BCUT2D eigenvalue weighted by Gasteiger charge is -2.22. The van der Waals surface area contributed by atoms with Gasteiger partial charge in [0.15, 0.2) is 16.3 Å². The maximum absolute atomic E-state index is 13.3. The number of phenols is 1. The van der Waals surface area contributed by atoms with Gasteiger partial charge in [-0.25, -0.2) is 9.79 Å². The fraction of sp³-hybridized carbons (Fsp3) is 0.208. The first-order chi connectivity index (χ1) is 15.8. The Morgan fingerprint density at radius 3 is 2.79 bits per heavy atom. The molecule has 2 aromatic carbocycles. The zero-order valence-corrected chi connectivity index (χ0v) is 20.6. The van der Waals surface area contributed by atoms with E-state index in [9.17, 15) is 14.7 Å². The number of benzene rings is 2. The number of methoxy groups -OCH3 is 1. The second-order valence-corrected chi connectivity index (χ2v) is 9.20. The van der Waals surface area contributed by atoms with Crippen LogP contribution in [0.15, 0.2) is 62.3 Å². The quantitative estimate of drug-likeness (QED) is 0.512. The lowest BCUT2D eigenvalue weighted by atomic mass is 9.96. The molecule has 9 heteroatoms. The molecule has 0 amide bonds. The number of nitrogens with zero attached hydrogens (tertiary/aromatic N) is 2. The number of hydrogen-bond donors (Lipinski definition) is 1. The Morgan fingerprint density at radius 1 is 1.30 bits per heavy atom. The molecule has 0 fully saturated rings. The molecule has 3 aromatic rings. The molecule has 0 saturated heterocycles. The van der Waals surface area contributed by atoms with Crippen LogP contribution in [0, 0.1) is 0 Å². The van der Waals surface area contributed by atoms with Crippen molar-refractivity contribution in [3.63, 3.8) is 0 Å². The average Bonchev–Trinajstić information content (AvgIpc) is 3.09. The molecule has 170 valence electrons. The molecule has 1 aromatic heterocycles. The summed E-state index contributed by atoms with van der Waals surface area (Å²) in [5, 5.41) is 9.99. The van der Waals surface area contributed by atoms with E-state index in [1.807, 2.05) is 24.3 Å². The third-order valence-corrected chi connectivity index (χ3v) is 6.68.